The number of nitro benzene ring substituents is 1. The van der Waals surface area contributed by atoms with Gasteiger partial charge < -0.3 is 0 Å². The first-order valence-corrected chi connectivity index (χ1v) is 11.4. The normalized spacial score (nSPS) is 21.4. The smallest absolute Gasteiger partial charge is 0.273 e. The number of nitro groups is 1. The van der Waals surface area contributed by atoms with E-state index in [1.54, 1.807) is 24.3 Å². The number of carbonyl (C=O) groups excluding carboxylic acids is 4. The van der Waals surface area contributed by atoms with Crippen LogP contribution in [0.5, 0.6) is 0 Å². The first-order chi connectivity index (χ1) is 16.2. The van der Waals surface area contributed by atoms with E-state index in [0.717, 1.165) is 20.6 Å². The number of ketones is 1. The van der Waals surface area contributed by atoms with Crippen molar-refractivity contribution in [2.45, 2.75) is 13.3 Å². The predicted molar refractivity (Wildman–Crippen MR) is 124 cm³/mol. The Morgan fingerprint density at radius 3 is 2.47 bits per heavy atom. The summed E-state index contributed by atoms with van der Waals surface area (Å²) in [6.45, 7) is 1.24. The van der Waals surface area contributed by atoms with Crippen LogP contribution in [0.2, 0.25) is 0 Å². The first-order valence-electron chi connectivity index (χ1n) is 10.6. The third-order valence-electron chi connectivity index (χ3n) is 6.09. The summed E-state index contributed by atoms with van der Waals surface area (Å²) in [4.78, 5) is 63.7. The Bertz CT molecular complexity index is 1230. The average Bonchev–Trinajstić information content (AvgIpc) is 3.08. The van der Waals surface area contributed by atoms with Crippen molar-refractivity contribution in [3.05, 3.63) is 86.4 Å². The van der Waals surface area contributed by atoms with E-state index in [0.29, 0.717) is 6.42 Å². The second-order valence-corrected chi connectivity index (χ2v) is 9.16. The van der Waals surface area contributed by atoms with Crippen LogP contribution in [0.25, 0.3) is 0 Å². The highest BCUT2D eigenvalue weighted by Crippen LogP contribution is 2.39. The number of benzene rings is 2. The highest BCUT2D eigenvalue weighted by atomic mass is 79.9. The van der Waals surface area contributed by atoms with Crippen molar-refractivity contribution in [1.29, 1.82) is 0 Å². The predicted octanol–water partition coefficient (Wildman–Crippen LogP) is 3.79. The summed E-state index contributed by atoms with van der Waals surface area (Å²) in [5, 5.41) is 12.8. The highest BCUT2D eigenvalue weighted by Gasteiger charge is 2.53. The number of imide groups is 1. The molecule has 1 heterocycles. The molecule has 0 saturated carbocycles. The van der Waals surface area contributed by atoms with Gasteiger partial charge in [0, 0.05) is 27.7 Å². The molecule has 10 heteroatoms. The van der Waals surface area contributed by atoms with Gasteiger partial charge in [-0.25, -0.2) is 5.01 Å². The number of Topliss-reactive ketones (excluding diaryl/α,β-unsaturated/α-hetero) is 1. The lowest BCUT2D eigenvalue weighted by Crippen LogP contribution is -2.52. The molecule has 0 N–H and O–H groups in total. The SMILES string of the molecule is C[C@@H]1C=CC[C@H]2C(=O)N(N(CC(=O)c3ccc(Br)cc3)C(=O)c3cccc([N+](=O)[O-])c3)C(=O)[C@@H]12. The number of carbonyl (C=O) groups is 4. The van der Waals surface area contributed by atoms with E-state index in [1.807, 2.05) is 19.1 Å². The van der Waals surface area contributed by atoms with Crippen LogP contribution in [0.4, 0.5) is 5.69 Å². The van der Waals surface area contributed by atoms with Crippen LogP contribution in [0.3, 0.4) is 0 Å². The Morgan fingerprint density at radius 1 is 1.12 bits per heavy atom. The van der Waals surface area contributed by atoms with Crippen LogP contribution in [0, 0.1) is 27.9 Å². The van der Waals surface area contributed by atoms with Gasteiger partial charge in [-0.3, -0.25) is 29.3 Å². The number of hydrazine groups is 1. The van der Waals surface area contributed by atoms with Gasteiger partial charge in [-0.1, -0.05) is 53.2 Å². The summed E-state index contributed by atoms with van der Waals surface area (Å²) in [6, 6.07) is 11.4. The Kier molecular flexibility index (Phi) is 6.43. The monoisotopic (exact) mass is 525 g/mol. The molecule has 34 heavy (non-hydrogen) atoms. The number of rotatable bonds is 6. The number of nitrogens with zero attached hydrogens (tertiary/aromatic N) is 3. The molecular weight excluding hydrogens is 506 g/mol. The van der Waals surface area contributed by atoms with Crippen molar-refractivity contribution in [3.8, 4) is 0 Å². The van der Waals surface area contributed by atoms with Crippen LogP contribution in [-0.4, -0.2) is 45.0 Å². The van der Waals surface area contributed by atoms with Crippen LogP contribution in [-0.2, 0) is 9.59 Å². The third kappa shape index (κ3) is 4.28. The minimum atomic E-state index is -0.852. The van der Waals surface area contributed by atoms with Gasteiger partial charge in [-0.2, -0.15) is 5.01 Å². The van der Waals surface area contributed by atoms with E-state index in [2.05, 4.69) is 15.9 Å². The second-order valence-electron chi connectivity index (χ2n) is 8.24. The van der Waals surface area contributed by atoms with Crippen molar-refractivity contribution in [2.24, 2.45) is 17.8 Å². The molecule has 2 aromatic rings. The van der Waals surface area contributed by atoms with Crippen LogP contribution < -0.4 is 0 Å². The fraction of sp³-hybridized carbons (Fsp3) is 0.250. The molecular formula is C24H20BrN3O6. The van der Waals surface area contributed by atoms with E-state index in [9.17, 15) is 29.3 Å². The summed E-state index contributed by atoms with van der Waals surface area (Å²) in [6.07, 6.45) is 4.05. The largest absolute Gasteiger partial charge is 0.292 e. The van der Waals surface area contributed by atoms with Crippen molar-refractivity contribution < 1.29 is 24.1 Å². The van der Waals surface area contributed by atoms with Crippen molar-refractivity contribution >= 4 is 45.1 Å². The molecule has 0 aromatic heterocycles. The zero-order chi connectivity index (χ0) is 24.6. The number of amides is 3. The Balaban J connectivity index is 1.73. The molecule has 4 rings (SSSR count). The van der Waals surface area contributed by atoms with Crippen LogP contribution in [0.15, 0.2) is 65.2 Å². The van der Waals surface area contributed by atoms with E-state index < -0.39 is 46.8 Å². The number of halogens is 1. The molecule has 174 valence electrons. The van der Waals surface area contributed by atoms with Gasteiger partial charge in [0.1, 0.15) is 6.54 Å². The van der Waals surface area contributed by atoms with Gasteiger partial charge in [0.2, 0.25) is 0 Å². The number of non-ortho nitro benzene ring substituents is 1. The number of fused-ring (bicyclic) bond motifs is 1. The lowest BCUT2D eigenvalue weighted by Gasteiger charge is -2.30. The summed E-state index contributed by atoms with van der Waals surface area (Å²) in [7, 11) is 0. The molecule has 0 bridgehead atoms. The van der Waals surface area contributed by atoms with Gasteiger partial charge in [0.15, 0.2) is 5.78 Å². The molecule has 9 nitrogen and oxygen atoms in total. The lowest BCUT2D eigenvalue weighted by molar-refractivity contribution is -0.384. The van der Waals surface area contributed by atoms with Crippen molar-refractivity contribution in [1.82, 2.24) is 10.0 Å². The zero-order valence-corrected chi connectivity index (χ0v) is 19.7. The van der Waals surface area contributed by atoms with Gasteiger partial charge in [-0.15, -0.1) is 0 Å². The van der Waals surface area contributed by atoms with Crippen LogP contribution >= 0.6 is 15.9 Å². The molecule has 2 aromatic carbocycles. The molecule has 1 saturated heterocycles. The molecule has 1 aliphatic heterocycles. The molecule has 1 aliphatic carbocycles. The van der Waals surface area contributed by atoms with Gasteiger partial charge >= 0.3 is 0 Å². The molecule has 2 aliphatic rings. The molecule has 1 fully saturated rings. The highest BCUT2D eigenvalue weighted by molar-refractivity contribution is 9.10. The van der Waals surface area contributed by atoms with Gasteiger partial charge in [-0.05, 0) is 30.5 Å². The van der Waals surface area contributed by atoms with Gasteiger partial charge in [0.25, 0.3) is 23.4 Å². The summed E-state index contributed by atoms with van der Waals surface area (Å²) in [5.41, 5.74) is -0.151. The number of allylic oxidation sites excluding steroid dienone is 2. The average molecular weight is 526 g/mol. The van der Waals surface area contributed by atoms with E-state index in [4.69, 9.17) is 0 Å². The topological polar surface area (TPSA) is 118 Å². The summed E-state index contributed by atoms with van der Waals surface area (Å²) < 4.78 is 0.754. The van der Waals surface area contributed by atoms with E-state index in [-0.39, 0.29) is 22.7 Å². The number of hydrogen-bond acceptors (Lipinski definition) is 6. The fourth-order valence-corrected chi connectivity index (χ4v) is 4.63. The Labute approximate surface area is 203 Å². The zero-order valence-electron chi connectivity index (χ0n) is 18.1. The minimum absolute atomic E-state index is 0.112. The maximum absolute atomic E-state index is 13.5. The maximum atomic E-state index is 13.5. The lowest BCUT2D eigenvalue weighted by atomic mass is 9.78. The molecule has 3 atom stereocenters. The summed E-state index contributed by atoms with van der Waals surface area (Å²) >= 11 is 3.29. The maximum Gasteiger partial charge on any atom is 0.273 e. The fourth-order valence-electron chi connectivity index (χ4n) is 4.37. The standard InChI is InChI=1S/C24H20BrN3O6/c1-14-4-2-7-19-21(14)24(32)27(23(19)31)26(13-20(29)15-8-10-17(25)11-9-15)22(30)16-5-3-6-18(12-16)28(33)34/h2-6,8-12,14,19,21H,7,13H2,1H3/t14-,19-,21+/m1/s1. The van der Waals surface area contributed by atoms with E-state index in [1.165, 1.54) is 18.2 Å². The number of hydrogen-bond donors (Lipinski definition) is 0. The second kappa shape index (κ2) is 9.30. The van der Waals surface area contributed by atoms with Crippen LogP contribution in [0.1, 0.15) is 34.1 Å². The van der Waals surface area contributed by atoms with E-state index >= 15 is 0 Å². The van der Waals surface area contributed by atoms with Crippen molar-refractivity contribution in [3.63, 3.8) is 0 Å². The first kappa shape index (κ1) is 23.5. The molecule has 0 radical (unpaired) electrons. The van der Waals surface area contributed by atoms with Crippen molar-refractivity contribution in [2.75, 3.05) is 6.54 Å². The van der Waals surface area contributed by atoms with Gasteiger partial charge in [0.05, 0.1) is 16.8 Å². The molecule has 0 spiro atoms. The minimum Gasteiger partial charge on any atom is -0.292 e. The molecule has 3 amide bonds. The Hall–Kier alpha value is -3.66. The Morgan fingerprint density at radius 2 is 1.82 bits per heavy atom. The quantitative estimate of drug-likeness (QED) is 0.186. The summed E-state index contributed by atoms with van der Waals surface area (Å²) in [5.74, 6) is -3.95. The molecule has 0 unspecified atom stereocenters. The third-order valence-corrected chi connectivity index (χ3v) is 6.62.